The molecule has 0 aliphatic heterocycles. The van der Waals surface area contributed by atoms with Gasteiger partial charge in [0.25, 0.3) is 5.56 Å². The number of nitriles is 1. The molecular weight excluding hydrogens is 172 g/mol. The maximum atomic E-state index is 10.8. The maximum absolute atomic E-state index is 10.8. The summed E-state index contributed by atoms with van der Waals surface area (Å²) in [6.07, 6.45) is 0. The molecule has 0 aromatic carbocycles. The number of halogens is 1. The van der Waals surface area contributed by atoms with Crippen LogP contribution < -0.4 is 5.56 Å². The van der Waals surface area contributed by atoms with E-state index in [1.165, 1.54) is 10.0 Å². The molecule has 0 aliphatic rings. The highest BCUT2D eigenvalue weighted by atomic mass is 35.5. The Labute approximate surface area is 66.2 Å². The highest BCUT2D eigenvalue weighted by Gasteiger charge is 1.99. The second-order valence-electron chi connectivity index (χ2n) is 1.57. The normalized spacial score (nSPS) is 9.20. The van der Waals surface area contributed by atoms with Gasteiger partial charge in [0.05, 0.1) is 6.07 Å². The van der Waals surface area contributed by atoms with Gasteiger partial charge in [-0.2, -0.15) is 5.26 Å². The van der Waals surface area contributed by atoms with Gasteiger partial charge in [0.2, 0.25) is 0 Å². The lowest BCUT2D eigenvalue weighted by Gasteiger charge is -1.85. The molecule has 0 saturated heterocycles. The number of nitrogens with zero attached hydrogens (tertiary/aromatic N) is 2. The maximum Gasteiger partial charge on any atom is 0.263 e. The summed E-state index contributed by atoms with van der Waals surface area (Å²) in [7, 11) is 0. The van der Waals surface area contributed by atoms with Crippen molar-refractivity contribution >= 4 is 23.1 Å². The molecule has 0 fully saturated rings. The Morgan fingerprint density at radius 1 is 1.90 bits per heavy atom. The van der Waals surface area contributed by atoms with Crippen LogP contribution in [0.1, 0.15) is 0 Å². The zero-order valence-electron chi connectivity index (χ0n) is 4.87. The fourth-order valence-electron chi connectivity index (χ4n) is 0.520. The standard InChI is InChI=1S/C5H3ClN2OS/c6-4-3-5(9)8(10-4)2-1-7/h3H,2H2. The molecule has 0 amide bonds. The molecular formula is C5H3ClN2OS. The van der Waals surface area contributed by atoms with Gasteiger partial charge < -0.3 is 0 Å². The first-order valence-corrected chi connectivity index (χ1v) is 3.63. The van der Waals surface area contributed by atoms with Crippen molar-refractivity contribution in [3.63, 3.8) is 0 Å². The van der Waals surface area contributed by atoms with Gasteiger partial charge in [-0.15, -0.1) is 0 Å². The molecule has 10 heavy (non-hydrogen) atoms. The Hall–Kier alpha value is -0.790. The van der Waals surface area contributed by atoms with Gasteiger partial charge in [-0.3, -0.25) is 4.79 Å². The van der Waals surface area contributed by atoms with E-state index in [0.29, 0.717) is 4.34 Å². The molecule has 3 nitrogen and oxygen atoms in total. The van der Waals surface area contributed by atoms with E-state index in [9.17, 15) is 4.79 Å². The molecule has 0 aliphatic carbocycles. The van der Waals surface area contributed by atoms with Gasteiger partial charge in [-0.25, -0.2) is 3.96 Å². The summed E-state index contributed by atoms with van der Waals surface area (Å²) in [4.78, 5) is 10.8. The monoisotopic (exact) mass is 174 g/mol. The molecule has 0 spiro atoms. The number of aromatic nitrogens is 1. The third kappa shape index (κ3) is 1.38. The van der Waals surface area contributed by atoms with E-state index in [2.05, 4.69) is 0 Å². The van der Waals surface area contributed by atoms with Crippen molar-refractivity contribution in [2.75, 3.05) is 0 Å². The Balaban J connectivity index is 3.06. The van der Waals surface area contributed by atoms with Crippen LogP contribution in [-0.4, -0.2) is 3.96 Å². The van der Waals surface area contributed by atoms with Crippen LogP contribution in [-0.2, 0) is 6.54 Å². The third-order valence-corrected chi connectivity index (χ3v) is 2.03. The molecule has 1 rings (SSSR count). The second-order valence-corrected chi connectivity index (χ2v) is 3.27. The first-order chi connectivity index (χ1) is 4.74. The zero-order valence-corrected chi connectivity index (χ0v) is 6.45. The molecule has 1 aromatic rings. The van der Waals surface area contributed by atoms with Crippen LogP contribution in [0.15, 0.2) is 10.9 Å². The molecule has 0 bridgehead atoms. The van der Waals surface area contributed by atoms with Gasteiger partial charge >= 0.3 is 0 Å². The lowest BCUT2D eigenvalue weighted by atomic mass is 10.7. The summed E-state index contributed by atoms with van der Waals surface area (Å²) in [5.74, 6) is 0. The van der Waals surface area contributed by atoms with Crippen molar-refractivity contribution in [2.45, 2.75) is 6.54 Å². The molecule has 0 unspecified atom stereocenters. The van der Waals surface area contributed by atoms with Crippen LogP contribution in [0, 0.1) is 11.3 Å². The summed E-state index contributed by atoms with van der Waals surface area (Å²) in [6.45, 7) is 0.0796. The van der Waals surface area contributed by atoms with E-state index in [0.717, 1.165) is 11.5 Å². The third-order valence-electron chi connectivity index (χ3n) is 0.894. The van der Waals surface area contributed by atoms with Crippen molar-refractivity contribution in [3.05, 3.63) is 20.8 Å². The van der Waals surface area contributed by atoms with Gasteiger partial charge in [-0.05, 0) is 11.5 Å². The molecule has 52 valence electrons. The summed E-state index contributed by atoms with van der Waals surface area (Å²) >= 11 is 6.58. The largest absolute Gasteiger partial charge is 0.268 e. The van der Waals surface area contributed by atoms with E-state index in [1.807, 2.05) is 6.07 Å². The van der Waals surface area contributed by atoms with E-state index in [-0.39, 0.29) is 12.1 Å². The van der Waals surface area contributed by atoms with Gasteiger partial charge in [-0.1, -0.05) is 11.6 Å². The average Bonchev–Trinajstić information content (AvgIpc) is 2.13. The lowest BCUT2D eigenvalue weighted by molar-refractivity contribution is 0.887. The van der Waals surface area contributed by atoms with Crippen LogP contribution in [0.4, 0.5) is 0 Å². The van der Waals surface area contributed by atoms with Crippen molar-refractivity contribution in [1.82, 2.24) is 3.96 Å². The molecule has 1 heterocycles. The van der Waals surface area contributed by atoms with E-state index < -0.39 is 0 Å². The molecule has 0 radical (unpaired) electrons. The highest BCUT2D eigenvalue weighted by Crippen LogP contribution is 2.11. The van der Waals surface area contributed by atoms with Crippen molar-refractivity contribution in [1.29, 1.82) is 5.26 Å². The second kappa shape index (κ2) is 2.86. The van der Waals surface area contributed by atoms with Crippen molar-refractivity contribution < 1.29 is 0 Å². The quantitative estimate of drug-likeness (QED) is 0.640. The predicted octanol–water partition coefficient (Wildman–Crippen LogP) is 1.09. The first-order valence-electron chi connectivity index (χ1n) is 2.47. The Bertz CT molecular complexity index is 321. The molecule has 1 aromatic heterocycles. The summed E-state index contributed by atoms with van der Waals surface area (Å²) in [5.41, 5.74) is -0.212. The van der Waals surface area contributed by atoms with E-state index in [1.54, 1.807) is 0 Å². The number of rotatable bonds is 1. The Morgan fingerprint density at radius 2 is 2.60 bits per heavy atom. The van der Waals surface area contributed by atoms with Crippen LogP contribution in [0.3, 0.4) is 0 Å². The molecule has 0 saturated carbocycles. The first kappa shape index (κ1) is 7.32. The summed E-state index contributed by atoms with van der Waals surface area (Å²) in [5, 5.41) is 8.21. The topological polar surface area (TPSA) is 45.8 Å². The minimum Gasteiger partial charge on any atom is -0.268 e. The Morgan fingerprint density at radius 3 is 3.00 bits per heavy atom. The van der Waals surface area contributed by atoms with Crippen molar-refractivity contribution in [3.8, 4) is 6.07 Å². The zero-order chi connectivity index (χ0) is 7.56. The Kier molecular flexibility index (Phi) is 2.10. The lowest BCUT2D eigenvalue weighted by Crippen LogP contribution is -2.10. The van der Waals surface area contributed by atoms with Gasteiger partial charge in [0.1, 0.15) is 10.9 Å². The number of hydrogen-bond acceptors (Lipinski definition) is 3. The van der Waals surface area contributed by atoms with Crippen LogP contribution >= 0.6 is 23.1 Å². The summed E-state index contributed by atoms with van der Waals surface area (Å²) < 4.78 is 1.71. The minimum atomic E-state index is -0.212. The van der Waals surface area contributed by atoms with Crippen LogP contribution in [0.2, 0.25) is 4.34 Å². The van der Waals surface area contributed by atoms with E-state index in [4.69, 9.17) is 16.9 Å². The minimum absolute atomic E-state index is 0.0796. The van der Waals surface area contributed by atoms with Gasteiger partial charge in [0.15, 0.2) is 0 Å². The highest BCUT2D eigenvalue weighted by molar-refractivity contribution is 7.11. The van der Waals surface area contributed by atoms with Gasteiger partial charge in [0, 0.05) is 6.07 Å². The van der Waals surface area contributed by atoms with Crippen molar-refractivity contribution in [2.24, 2.45) is 0 Å². The SMILES string of the molecule is N#CCn1sc(Cl)cc1=O. The van der Waals surface area contributed by atoms with Crippen LogP contribution in [0.25, 0.3) is 0 Å². The summed E-state index contributed by atoms with van der Waals surface area (Å²) in [6, 6.07) is 3.15. The fraction of sp³-hybridized carbons (Fsp3) is 0.200. The van der Waals surface area contributed by atoms with E-state index >= 15 is 0 Å². The average molecular weight is 175 g/mol. The smallest absolute Gasteiger partial charge is 0.263 e. The fourth-order valence-corrected chi connectivity index (χ4v) is 1.49. The molecule has 5 heteroatoms. The number of hydrogen-bond donors (Lipinski definition) is 0. The molecule has 0 atom stereocenters. The molecule has 0 N–H and O–H groups in total. The van der Waals surface area contributed by atoms with Crippen LogP contribution in [0.5, 0.6) is 0 Å². The predicted molar refractivity (Wildman–Crippen MR) is 39.2 cm³/mol.